The summed E-state index contributed by atoms with van der Waals surface area (Å²) in [5.41, 5.74) is 0. The van der Waals surface area contributed by atoms with Gasteiger partial charge in [-0.2, -0.15) is 4.31 Å². The van der Waals surface area contributed by atoms with Crippen LogP contribution in [0, 0.1) is 6.92 Å². The Balaban J connectivity index is 2.14. The van der Waals surface area contributed by atoms with Gasteiger partial charge in [-0.1, -0.05) is 13.3 Å². The van der Waals surface area contributed by atoms with Crippen LogP contribution >= 0.6 is 0 Å². The fourth-order valence-electron chi connectivity index (χ4n) is 2.39. The SMILES string of the molecule is CCCC(C)N(C)S(=O)(=O)c1cc(CNC2CC2)oc1C. The zero-order valence-corrected chi connectivity index (χ0v) is 14.2. The second kappa shape index (κ2) is 6.50. The van der Waals surface area contributed by atoms with Gasteiger partial charge in [0.25, 0.3) is 0 Å². The van der Waals surface area contributed by atoms with Gasteiger partial charge in [0.2, 0.25) is 10.0 Å². The van der Waals surface area contributed by atoms with Crippen molar-refractivity contribution in [2.75, 3.05) is 7.05 Å². The maximum atomic E-state index is 12.7. The highest BCUT2D eigenvalue weighted by molar-refractivity contribution is 7.89. The van der Waals surface area contributed by atoms with Crippen LogP contribution < -0.4 is 5.32 Å². The van der Waals surface area contributed by atoms with Crippen molar-refractivity contribution in [3.05, 3.63) is 17.6 Å². The Bertz CT molecular complexity index is 576. The van der Waals surface area contributed by atoms with Crippen molar-refractivity contribution in [3.63, 3.8) is 0 Å². The van der Waals surface area contributed by atoms with E-state index in [1.807, 2.05) is 6.92 Å². The van der Waals surface area contributed by atoms with Crippen LogP contribution in [0.5, 0.6) is 0 Å². The molecule has 1 fully saturated rings. The van der Waals surface area contributed by atoms with Crippen LogP contribution in [0.15, 0.2) is 15.4 Å². The van der Waals surface area contributed by atoms with Gasteiger partial charge in [-0.25, -0.2) is 8.42 Å². The second-order valence-electron chi connectivity index (χ2n) is 5.95. The van der Waals surface area contributed by atoms with Gasteiger partial charge in [-0.3, -0.25) is 0 Å². The zero-order chi connectivity index (χ0) is 15.6. The third-order valence-corrected chi connectivity index (χ3v) is 6.13. The smallest absolute Gasteiger partial charge is 0.246 e. The van der Waals surface area contributed by atoms with E-state index < -0.39 is 10.0 Å². The van der Waals surface area contributed by atoms with Gasteiger partial charge < -0.3 is 9.73 Å². The van der Waals surface area contributed by atoms with E-state index >= 15 is 0 Å². The number of rotatable bonds is 8. The molecule has 120 valence electrons. The number of hydrogen-bond donors (Lipinski definition) is 1. The van der Waals surface area contributed by atoms with Gasteiger partial charge >= 0.3 is 0 Å². The topological polar surface area (TPSA) is 62.6 Å². The van der Waals surface area contributed by atoms with E-state index in [4.69, 9.17) is 4.42 Å². The molecule has 1 aromatic rings. The molecule has 21 heavy (non-hydrogen) atoms. The first kappa shape index (κ1) is 16.5. The van der Waals surface area contributed by atoms with Gasteiger partial charge in [-0.15, -0.1) is 0 Å². The molecule has 0 amide bonds. The maximum Gasteiger partial charge on any atom is 0.246 e. The van der Waals surface area contributed by atoms with E-state index in [0.29, 0.717) is 29.0 Å². The van der Waals surface area contributed by atoms with Crippen molar-refractivity contribution in [1.82, 2.24) is 9.62 Å². The fourth-order valence-corrected chi connectivity index (χ4v) is 3.97. The maximum absolute atomic E-state index is 12.7. The van der Waals surface area contributed by atoms with Crippen LogP contribution in [-0.4, -0.2) is 31.9 Å². The number of nitrogens with zero attached hydrogens (tertiary/aromatic N) is 1. The van der Waals surface area contributed by atoms with E-state index in [0.717, 1.165) is 12.8 Å². The molecular weight excluding hydrogens is 288 g/mol. The molecule has 0 aliphatic heterocycles. The highest BCUT2D eigenvalue weighted by Gasteiger charge is 2.29. The van der Waals surface area contributed by atoms with Crippen LogP contribution in [0.4, 0.5) is 0 Å². The van der Waals surface area contributed by atoms with E-state index in [-0.39, 0.29) is 6.04 Å². The molecule has 1 aliphatic carbocycles. The van der Waals surface area contributed by atoms with Crippen LogP contribution in [-0.2, 0) is 16.6 Å². The minimum atomic E-state index is -3.48. The Morgan fingerprint density at radius 3 is 2.71 bits per heavy atom. The summed E-state index contributed by atoms with van der Waals surface area (Å²) in [5, 5.41) is 3.33. The van der Waals surface area contributed by atoms with Crippen molar-refractivity contribution in [1.29, 1.82) is 0 Å². The summed E-state index contributed by atoms with van der Waals surface area (Å²) in [6.07, 6.45) is 4.20. The van der Waals surface area contributed by atoms with Gasteiger partial charge in [0.05, 0.1) is 6.54 Å². The Kier molecular flexibility index (Phi) is 5.11. The number of aryl methyl sites for hydroxylation is 1. The van der Waals surface area contributed by atoms with Gasteiger partial charge in [0.15, 0.2) is 0 Å². The van der Waals surface area contributed by atoms with Crippen molar-refractivity contribution >= 4 is 10.0 Å². The summed E-state index contributed by atoms with van der Waals surface area (Å²) in [6.45, 7) is 6.30. The minimum Gasteiger partial charge on any atom is -0.464 e. The normalized spacial score (nSPS) is 17.4. The summed E-state index contributed by atoms with van der Waals surface area (Å²) in [5.74, 6) is 1.16. The third-order valence-electron chi connectivity index (χ3n) is 4.05. The Morgan fingerprint density at radius 1 is 1.48 bits per heavy atom. The van der Waals surface area contributed by atoms with E-state index in [2.05, 4.69) is 12.2 Å². The van der Waals surface area contributed by atoms with E-state index in [1.54, 1.807) is 20.0 Å². The average Bonchev–Trinajstić information content (AvgIpc) is 3.18. The molecule has 1 aliphatic rings. The zero-order valence-electron chi connectivity index (χ0n) is 13.3. The molecule has 1 N–H and O–H groups in total. The lowest BCUT2D eigenvalue weighted by atomic mass is 10.2. The molecule has 0 radical (unpaired) electrons. The molecule has 1 atom stereocenters. The molecule has 0 saturated heterocycles. The number of furan rings is 1. The number of sulfonamides is 1. The van der Waals surface area contributed by atoms with Gasteiger partial charge in [-0.05, 0) is 33.1 Å². The first-order chi connectivity index (χ1) is 9.86. The molecule has 1 unspecified atom stereocenters. The summed E-state index contributed by atoms with van der Waals surface area (Å²) in [4.78, 5) is 0.292. The Hall–Kier alpha value is -0.850. The van der Waals surface area contributed by atoms with Crippen LogP contribution in [0.2, 0.25) is 0 Å². The van der Waals surface area contributed by atoms with Crippen molar-refractivity contribution in [2.45, 2.75) is 70.0 Å². The molecule has 1 saturated carbocycles. The lowest BCUT2D eigenvalue weighted by Crippen LogP contribution is -2.35. The van der Waals surface area contributed by atoms with Crippen molar-refractivity contribution in [3.8, 4) is 0 Å². The third kappa shape index (κ3) is 3.87. The lowest BCUT2D eigenvalue weighted by molar-refractivity contribution is 0.367. The Morgan fingerprint density at radius 2 is 2.14 bits per heavy atom. The number of nitrogens with one attached hydrogen (secondary N) is 1. The summed E-state index contributed by atoms with van der Waals surface area (Å²) >= 11 is 0. The molecule has 0 aromatic carbocycles. The first-order valence-corrected chi connectivity index (χ1v) is 9.11. The first-order valence-electron chi connectivity index (χ1n) is 7.67. The molecule has 2 rings (SSSR count). The molecule has 6 heteroatoms. The largest absolute Gasteiger partial charge is 0.464 e. The number of hydrogen-bond acceptors (Lipinski definition) is 4. The fraction of sp³-hybridized carbons (Fsp3) is 0.733. The molecule has 1 aromatic heterocycles. The van der Waals surface area contributed by atoms with Crippen LogP contribution in [0.1, 0.15) is 51.1 Å². The predicted molar refractivity (Wildman–Crippen MR) is 82.6 cm³/mol. The highest BCUT2D eigenvalue weighted by atomic mass is 32.2. The molecule has 0 spiro atoms. The molecule has 1 heterocycles. The standard InChI is InChI=1S/C15H26N2O3S/c1-5-6-11(2)17(4)21(18,19)15-9-14(20-12(15)3)10-16-13-7-8-13/h9,11,13,16H,5-8,10H2,1-4H3. The summed E-state index contributed by atoms with van der Waals surface area (Å²) in [7, 11) is -1.84. The summed E-state index contributed by atoms with van der Waals surface area (Å²) in [6, 6.07) is 2.22. The summed E-state index contributed by atoms with van der Waals surface area (Å²) < 4.78 is 32.4. The monoisotopic (exact) mass is 314 g/mol. The van der Waals surface area contributed by atoms with Crippen molar-refractivity contribution in [2.24, 2.45) is 0 Å². The molecule has 0 bridgehead atoms. The molecule has 5 nitrogen and oxygen atoms in total. The highest BCUT2D eigenvalue weighted by Crippen LogP contribution is 2.26. The predicted octanol–water partition coefficient (Wildman–Crippen LogP) is 2.65. The lowest BCUT2D eigenvalue weighted by Gasteiger charge is -2.23. The van der Waals surface area contributed by atoms with Gasteiger partial charge in [0.1, 0.15) is 16.4 Å². The van der Waals surface area contributed by atoms with Crippen LogP contribution in [0.25, 0.3) is 0 Å². The second-order valence-corrected chi connectivity index (χ2v) is 7.91. The molecular formula is C15H26N2O3S. The van der Waals surface area contributed by atoms with Crippen LogP contribution in [0.3, 0.4) is 0 Å². The van der Waals surface area contributed by atoms with E-state index in [1.165, 1.54) is 17.1 Å². The van der Waals surface area contributed by atoms with Gasteiger partial charge in [0, 0.05) is 25.2 Å². The quantitative estimate of drug-likeness (QED) is 0.801. The minimum absolute atomic E-state index is 0.0117. The van der Waals surface area contributed by atoms with Crippen molar-refractivity contribution < 1.29 is 12.8 Å². The average molecular weight is 314 g/mol. The van der Waals surface area contributed by atoms with E-state index in [9.17, 15) is 8.42 Å². The Labute approximate surface area is 127 Å².